The second-order valence-corrected chi connectivity index (χ2v) is 9.67. The minimum absolute atomic E-state index is 0.178. The van der Waals surface area contributed by atoms with Crippen LogP contribution in [0.25, 0.3) is 20.9 Å². The Bertz CT molecular complexity index is 1390. The zero-order valence-electron chi connectivity index (χ0n) is 18.7. The Morgan fingerprint density at radius 2 is 1.91 bits per heavy atom. The number of nitrogens with one attached hydrogen (secondary N) is 1. The van der Waals surface area contributed by atoms with Gasteiger partial charge in [0.15, 0.2) is 16.6 Å². The minimum atomic E-state index is -0.477. The standard InChI is InChI=1S/C23H23N5O4S2/c1-31-15-8-7-14(12-16(15)32-2)24-18(29)13-28-21-20(26-23(34-21)27-9-3-4-10-27)19(25-22(28)30)17-6-5-11-33-17/h5-8,11-12H,3-4,9-10,13H2,1-2H3,(H,24,29). The molecule has 0 aliphatic carbocycles. The van der Waals surface area contributed by atoms with Crippen molar-refractivity contribution in [1.82, 2.24) is 14.5 Å². The van der Waals surface area contributed by atoms with Gasteiger partial charge in [0, 0.05) is 24.8 Å². The zero-order valence-corrected chi connectivity index (χ0v) is 20.4. The van der Waals surface area contributed by atoms with Crippen LogP contribution >= 0.6 is 22.7 Å². The van der Waals surface area contributed by atoms with Gasteiger partial charge in [-0.1, -0.05) is 17.4 Å². The summed E-state index contributed by atoms with van der Waals surface area (Å²) in [7, 11) is 3.08. The summed E-state index contributed by atoms with van der Waals surface area (Å²) < 4.78 is 11.9. The number of nitrogens with zero attached hydrogens (tertiary/aromatic N) is 4. The van der Waals surface area contributed by atoms with Crippen LogP contribution in [0, 0.1) is 0 Å². The molecule has 4 aromatic rings. The van der Waals surface area contributed by atoms with Gasteiger partial charge < -0.3 is 19.7 Å². The molecule has 5 rings (SSSR count). The lowest BCUT2D eigenvalue weighted by Gasteiger charge is -2.12. The fourth-order valence-corrected chi connectivity index (χ4v) is 5.79. The smallest absolute Gasteiger partial charge is 0.349 e. The maximum absolute atomic E-state index is 13.1. The van der Waals surface area contributed by atoms with Gasteiger partial charge >= 0.3 is 5.69 Å². The van der Waals surface area contributed by atoms with Crippen molar-refractivity contribution in [2.45, 2.75) is 19.4 Å². The van der Waals surface area contributed by atoms with Crippen LogP contribution in [0.1, 0.15) is 12.8 Å². The van der Waals surface area contributed by atoms with E-state index in [1.54, 1.807) is 25.3 Å². The van der Waals surface area contributed by atoms with Gasteiger partial charge in [-0.25, -0.2) is 9.78 Å². The van der Waals surface area contributed by atoms with Crippen LogP contribution < -0.4 is 25.4 Å². The molecule has 1 aliphatic rings. The lowest BCUT2D eigenvalue weighted by atomic mass is 10.2. The number of carbonyl (C=O) groups excluding carboxylic acids is 1. The Kier molecular flexibility index (Phi) is 6.20. The molecule has 1 saturated heterocycles. The van der Waals surface area contributed by atoms with Crippen molar-refractivity contribution in [1.29, 1.82) is 0 Å². The highest BCUT2D eigenvalue weighted by Gasteiger charge is 2.23. The number of benzene rings is 1. The van der Waals surface area contributed by atoms with E-state index in [9.17, 15) is 9.59 Å². The van der Waals surface area contributed by atoms with Crippen molar-refractivity contribution >= 4 is 49.7 Å². The lowest BCUT2D eigenvalue weighted by molar-refractivity contribution is -0.116. The molecule has 11 heteroatoms. The molecule has 1 aromatic carbocycles. The maximum Gasteiger partial charge on any atom is 0.349 e. The van der Waals surface area contributed by atoms with Gasteiger partial charge in [0.05, 0.1) is 19.1 Å². The lowest BCUT2D eigenvalue weighted by Crippen LogP contribution is -2.29. The van der Waals surface area contributed by atoms with Gasteiger partial charge in [-0.05, 0) is 36.4 Å². The number of anilines is 2. The van der Waals surface area contributed by atoms with Crippen molar-refractivity contribution < 1.29 is 14.3 Å². The number of hydrogen-bond acceptors (Lipinski definition) is 9. The number of methoxy groups -OCH3 is 2. The third-order valence-electron chi connectivity index (χ3n) is 5.61. The van der Waals surface area contributed by atoms with Gasteiger partial charge in [-0.3, -0.25) is 9.36 Å². The van der Waals surface area contributed by atoms with Gasteiger partial charge in [0.1, 0.15) is 22.6 Å². The second-order valence-electron chi connectivity index (χ2n) is 7.77. The molecule has 9 nitrogen and oxygen atoms in total. The number of thiazole rings is 1. The largest absolute Gasteiger partial charge is 0.493 e. The summed E-state index contributed by atoms with van der Waals surface area (Å²) >= 11 is 2.94. The molecular formula is C23H23N5O4S2. The molecule has 0 atom stereocenters. The van der Waals surface area contributed by atoms with E-state index >= 15 is 0 Å². The average Bonchev–Trinajstić information content (AvgIpc) is 3.61. The maximum atomic E-state index is 13.1. The van der Waals surface area contributed by atoms with Crippen molar-refractivity contribution in [2.24, 2.45) is 0 Å². The highest BCUT2D eigenvalue weighted by molar-refractivity contribution is 7.22. The predicted molar refractivity (Wildman–Crippen MR) is 135 cm³/mol. The van der Waals surface area contributed by atoms with Crippen LogP contribution in [0.15, 0.2) is 40.5 Å². The Morgan fingerprint density at radius 1 is 1.12 bits per heavy atom. The fourth-order valence-electron chi connectivity index (χ4n) is 3.96. The topological polar surface area (TPSA) is 98.6 Å². The van der Waals surface area contributed by atoms with Gasteiger partial charge in [-0.2, -0.15) is 4.98 Å². The number of amides is 1. The van der Waals surface area contributed by atoms with E-state index in [-0.39, 0.29) is 12.5 Å². The summed E-state index contributed by atoms with van der Waals surface area (Å²) in [6, 6.07) is 8.94. The first-order chi connectivity index (χ1) is 16.6. The molecule has 4 heterocycles. The van der Waals surface area contributed by atoms with E-state index in [1.165, 1.54) is 34.4 Å². The van der Waals surface area contributed by atoms with Crippen molar-refractivity contribution in [3.8, 4) is 22.1 Å². The number of fused-ring (bicyclic) bond motifs is 1. The van der Waals surface area contributed by atoms with Gasteiger partial charge in [0.25, 0.3) is 0 Å². The monoisotopic (exact) mass is 497 g/mol. The van der Waals surface area contributed by atoms with Crippen molar-refractivity contribution in [3.05, 3.63) is 46.2 Å². The van der Waals surface area contributed by atoms with E-state index < -0.39 is 5.69 Å². The minimum Gasteiger partial charge on any atom is -0.493 e. The van der Waals surface area contributed by atoms with Crippen molar-refractivity contribution in [3.63, 3.8) is 0 Å². The van der Waals surface area contributed by atoms with Crippen LogP contribution in [-0.4, -0.2) is 47.8 Å². The number of aromatic nitrogens is 3. The van der Waals surface area contributed by atoms with Crippen LogP contribution in [0.5, 0.6) is 11.5 Å². The number of ether oxygens (including phenoxy) is 2. The Balaban J connectivity index is 1.50. The molecule has 1 N–H and O–H groups in total. The van der Waals surface area contributed by atoms with Gasteiger partial charge in [0.2, 0.25) is 5.91 Å². The molecule has 1 aliphatic heterocycles. The van der Waals surface area contributed by atoms with E-state index in [2.05, 4.69) is 15.2 Å². The molecule has 3 aromatic heterocycles. The number of rotatable bonds is 7. The zero-order chi connectivity index (χ0) is 23.7. The summed E-state index contributed by atoms with van der Waals surface area (Å²) in [5.41, 5.74) is 1.27. The van der Waals surface area contributed by atoms with Crippen LogP contribution in [0.2, 0.25) is 0 Å². The molecule has 34 heavy (non-hydrogen) atoms. The molecule has 0 radical (unpaired) electrons. The summed E-state index contributed by atoms with van der Waals surface area (Å²) in [5, 5.41) is 5.62. The van der Waals surface area contributed by atoms with Crippen LogP contribution in [0.4, 0.5) is 10.8 Å². The number of thiophene rings is 1. The number of hydrogen-bond donors (Lipinski definition) is 1. The predicted octanol–water partition coefficient (Wildman–Crippen LogP) is 3.84. The quantitative estimate of drug-likeness (QED) is 0.414. The molecule has 1 amide bonds. The van der Waals surface area contributed by atoms with E-state index in [0.29, 0.717) is 33.2 Å². The first-order valence-corrected chi connectivity index (χ1v) is 12.5. The Labute approximate surface area is 203 Å². The highest BCUT2D eigenvalue weighted by atomic mass is 32.1. The van der Waals surface area contributed by atoms with Crippen molar-refractivity contribution in [2.75, 3.05) is 37.5 Å². The SMILES string of the molecule is COc1ccc(NC(=O)Cn2c(=O)nc(-c3cccs3)c3nc(N4CCCC4)sc32)cc1OC. The van der Waals surface area contributed by atoms with Gasteiger partial charge in [-0.15, -0.1) is 11.3 Å². The molecule has 0 spiro atoms. The molecule has 0 bridgehead atoms. The van der Waals surface area contributed by atoms with Crippen LogP contribution in [0.3, 0.4) is 0 Å². The van der Waals surface area contributed by atoms with E-state index in [0.717, 1.165) is 35.9 Å². The first-order valence-electron chi connectivity index (χ1n) is 10.8. The summed E-state index contributed by atoms with van der Waals surface area (Å²) in [6.45, 7) is 1.69. The highest BCUT2D eigenvalue weighted by Crippen LogP contribution is 2.36. The van der Waals surface area contributed by atoms with Crippen LogP contribution in [-0.2, 0) is 11.3 Å². The normalized spacial score (nSPS) is 13.4. The first kappa shape index (κ1) is 22.4. The van der Waals surface area contributed by atoms with E-state index in [4.69, 9.17) is 14.5 Å². The average molecular weight is 498 g/mol. The molecule has 176 valence electrons. The Hall–Kier alpha value is -3.44. The second kappa shape index (κ2) is 9.43. The summed E-state index contributed by atoms with van der Waals surface area (Å²) in [6.07, 6.45) is 2.24. The molecule has 0 unspecified atom stereocenters. The summed E-state index contributed by atoms with van der Waals surface area (Å²) in [4.78, 5) is 38.9. The molecule has 1 fully saturated rings. The van der Waals surface area contributed by atoms with E-state index in [1.807, 2.05) is 17.5 Å². The number of carbonyl (C=O) groups is 1. The summed E-state index contributed by atoms with van der Waals surface area (Å²) in [5.74, 6) is 0.711. The fraction of sp³-hybridized carbons (Fsp3) is 0.304. The third kappa shape index (κ3) is 4.24. The third-order valence-corrected chi connectivity index (χ3v) is 7.62. The Morgan fingerprint density at radius 3 is 2.62 bits per heavy atom. The molecule has 0 saturated carbocycles. The molecular weight excluding hydrogens is 474 g/mol.